The third-order valence-electron chi connectivity index (χ3n) is 8.31. The summed E-state index contributed by atoms with van der Waals surface area (Å²) in [5.41, 5.74) is 7.71. The van der Waals surface area contributed by atoms with Crippen molar-refractivity contribution in [1.29, 1.82) is 0 Å². The highest BCUT2D eigenvalue weighted by atomic mass is 15.0. The lowest BCUT2D eigenvalue weighted by Crippen LogP contribution is -1.99. The first-order valence-electron chi connectivity index (χ1n) is 14.0. The van der Waals surface area contributed by atoms with E-state index in [2.05, 4.69) is 117 Å². The van der Waals surface area contributed by atoms with Crippen molar-refractivity contribution in [3.05, 3.63) is 140 Å². The highest BCUT2D eigenvalue weighted by molar-refractivity contribution is 6.26. The second-order valence-corrected chi connectivity index (χ2v) is 10.6. The van der Waals surface area contributed by atoms with E-state index < -0.39 is 0 Å². The lowest BCUT2D eigenvalue weighted by Gasteiger charge is -2.12. The van der Waals surface area contributed by atoms with Gasteiger partial charge in [0.25, 0.3) is 0 Å². The summed E-state index contributed by atoms with van der Waals surface area (Å²) in [7, 11) is 0. The van der Waals surface area contributed by atoms with Crippen LogP contribution in [0.15, 0.2) is 140 Å². The minimum atomic E-state index is 0.681. The van der Waals surface area contributed by atoms with E-state index in [1.54, 1.807) is 12.4 Å². The highest BCUT2D eigenvalue weighted by Gasteiger charge is 2.20. The molecule has 0 N–H and O–H groups in total. The molecule has 9 rings (SSSR count). The molecule has 42 heavy (non-hydrogen) atoms. The number of hydrogen-bond acceptors (Lipinski definition) is 3. The van der Waals surface area contributed by atoms with Gasteiger partial charge in [0.1, 0.15) is 0 Å². The van der Waals surface area contributed by atoms with Crippen LogP contribution in [-0.4, -0.2) is 24.1 Å². The second-order valence-electron chi connectivity index (χ2n) is 10.6. The maximum atomic E-state index is 4.77. The lowest BCUT2D eigenvalue weighted by atomic mass is 10.0. The van der Waals surface area contributed by atoms with E-state index in [1.165, 1.54) is 43.4 Å². The highest BCUT2D eigenvalue weighted by Crippen LogP contribution is 2.41. The molecule has 0 saturated heterocycles. The van der Waals surface area contributed by atoms with Crippen LogP contribution in [-0.2, 0) is 0 Å². The van der Waals surface area contributed by atoms with Crippen molar-refractivity contribution in [3.8, 4) is 22.8 Å². The largest absolute Gasteiger partial charge is 0.309 e. The Hall–Kier alpha value is -5.81. The molecule has 0 unspecified atom stereocenters. The molecule has 0 bridgehead atoms. The van der Waals surface area contributed by atoms with Gasteiger partial charge in [-0.3, -0.25) is 4.98 Å². The summed E-state index contributed by atoms with van der Waals surface area (Å²) in [4.78, 5) is 13.7. The van der Waals surface area contributed by atoms with E-state index >= 15 is 0 Å². The number of hydrogen-bond donors (Lipinski definition) is 0. The fourth-order valence-corrected chi connectivity index (χ4v) is 6.52. The van der Waals surface area contributed by atoms with Gasteiger partial charge >= 0.3 is 0 Å². The predicted molar refractivity (Wildman–Crippen MR) is 171 cm³/mol. The van der Waals surface area contributed by atoms with Crippen molar-refractivity contribution in [3.63, 3.8) is 0 Å². The second kappa shape index (κ2) is 8.85. The van der Waals surface area contributed by atoms with E-state index in [9.17, 15) is 0 Å². The predicted octanol–water partition coefficient (Wildman–Crippen LogP) is 8.89. The molecule has 0 saturated carbocycles. The summed E-state index contributed by atoms with van der Waals surface area (Å²) >= 11 is 0. The van der Waals surface area contributed by atoms with Crippen LogP contribution < -0.4 is 0 Å². The van der Waals surface area contributed by atoms with Crippen molar-refractivity contribution in [1.82, 2.24) is 24.1 Å². The SMILES string of the molecule is c1ccc(-n2c3ccccc3c3ccc4c(ccc5c6ccccc6n(-c6cnc(-c7ccncc7)nc6)c54)c32)cc1. The Morgan fingerprint density at radius 1 is 0.405 bits per heavy atom. The van der Waals surface area contributed by atoms with Gasteiger partial charge in [0.15, 0.2) is 5.82 Å². The minimum Gasteiger partial charge on any atom is -0.309 e. The molecule has 4 aromatic heterocycles. The molecule has 5 nitrogen and oxygen atoms in total. The summed E-state index contributed by atoms with van der Waals surface area (Å²) in [6, 6.07) is 40.9. The van der Waals surface area contributed by atoms with E-state index in [-0.39, 0.29) is 0 Å². The van der Waals surface area contributed by atoms with Crippen LogP contribution in [0.1, 0.15) is 0 Å². The number of nitrogens with zero attached hydrogens (tertiary/aromatic N) is 5. The molecule has 9 aromatic rings. The van der Waals surface area contributed by atoms with E-state index in [4.69, 9.17) is 9.97 Å². The Morgan fingerprint density at radius 3 is 1.45 bits per heavy atom. The Balaban J connectivity index is 1.40. The molecule has 0 fully saturated rings. The van der Waals surface area contributed by atoms with E-state index in [0.717, 1.165) is 28.0 Å². The first-order valence-corrected chi connectivity index (χ1v) is 14.0. The van der Waals surface area contributed by atoms with Crippen LogP contribution in [0.4, 0.5) is 0 Å². The van der Waals surface area contributed by atoms with Crippen LogP contribution >= 0.6 is 0 Å². The van der Waals surface area contributed by atoms with Crippen LogP contribution in [0.5, 0.6) is 0 Å². The molecule has 0 aliphatic heterocycles. The number of benzene rings is 5. The molecule has 196 valence electrons. The van der Waals surface area contributed by atoms with Gasteiger partial charge in [-0.05, 0) is 36.4 Å². The third-order valence-corrected chi connectivity index (χ3v) is 8.31. The fraction of sp³-hybridized carbons (Fsp3) is 0. The maximum Gasteiger partial charge on any atom is 0.159 e. The molecule has 0 aliphatic carbocycles. The summed E-state index contributed by atoms with van der Waals surface area (Å²) in [5.74, 6) is 0.681. The number of rotatable bonds is 3. The topological polar surface area (TPSA) is 48.5 Å². The van der Waals surface area contributed by atoms with Crippen LogP contribution in [0, 0.1) is 0 Å². The quantitative estimate of drug-likeness (QED) is 0.226. The van der Waals surface area contributed by atoms with Gasteiger partial charge in [0.2, 0.25) is 0 Å². The molecule has 5 aromatic carbocycles. The van der Waals surface area contributed by atoms with E-state index in [0.29, 0.717) is 5.82 Å². The van der Waals surface area contributed by atoms with Gasteiger partial charge in [0.05, 0.1) is 40.1 Å². The summed E-state index contributed by atoms with van der Waals surface area (Å²) < 4.78 is 4.71. The van der Waals surface area contributed by atoms with Crippen molar-refractivity contribution in [2.24, 2.45) is 0 Å². The Morgan fingerprint density at radius 2 is 0.881 bits per heavy atom. The van der Waals surface area contributed by atoms with Crippen LogP contribution in [0.2, 0.25) is 0 Å². The molecular formula is C37H23N5. The zero-order chi connectivity index (χ0) is 27.6. The average molecular weight is 538 g/mol. The Bertz CT molecular complexity index is 2440. The minimum absolute atomic E-state index is 0.681. The van der Waals surface area contributed by atoms with Crippen LogP contribution in [0.25, 0.3) is 77.1 Å². The first kappa shape index (κ1) is 22.9. The van der Waals surface area contributed by atoms with Gasteiger partial charge < -0.3 is 9.13 Å². The number of aromatic nitrogens is 5. The average Bonchev–Trinajstić information content (AvgIpc) is 3.59. The third kappa shape index (κ3) is 3.22. The molecule has 4 heterocycles. The molecule has 0 aliphatic rings. The van der Waals surface area contributed by atoms with Crippen molar-refractivity contribution < 1.29 is 0 Å². The Kier molecular flexibility index (Phi) is 4.83. The summed E-state index contributed by atoms with van der Waals surface area (Å²) in [6.07, 6.45) is 7.38. The fourth-order valence-electron chi connectivity index (χ4n) is 6.52. The molecular weight excluding hydrogens is 514 g/mol. The van der Waals surface area contributed by atoms with Crippen molar-refractivity contribution in [2.75, 3.05) is 0 Å². The zero-order valence-electron chi connectivity index (χ0n) is 22.5. The van der Waals surface area contributed by atoms with Gasteiger partial charge in [-0.2, -0.15) is 0 Å². The summed E-state index contributed by atoms with van der Waals surface area (Å²) in [5, 5.41) is 7.30. The summed E-state index contributed by atoms with van der Waals surface area (Å²) in [6.45, 7) is 0. The molecule has 0 amide bonds. The number of fused-ring (bicyclic) bond motifs is 9. The number of pyridine rings is 1. The normalized spacial score (nSPS) is 11.8. The number of para-hydroxylation sites is 3. The van der Waals surface area contributed by atoms with Crippen molar-refractivity contribution >= 4 is 54.4 Å². The zero-order valence-corrected chi connectivity index (χ0v) is 22.5. The van der Waals surface area contributed by atoms with Crippen LogP contribution in [0.3, 0.4) is 0 Å². The van der Waals surface area contributed by atoms with Gasteiger partial charge in [-0.1, -0.05) is 78.9 Å². The maximum absolute atomic E-state index is 4.77. The molecule has 0 spiro atoms. The monoisotopic (exact) mass is 537 g/mol. The molecule has 0 radical (unpaired) electrons. The molecule has 0 atom stereocenters. The molecule has 5 heteroatoms. The van der Waals surface area contributed by atoms with Gasteiger partial charge in [-0.25, -0.2) is 9.97 Å². The lowest BCUT2D eigenvalue weighted by molar-refractivity contribution is 1.08. The van der Waals surface area contributed by atoms with Gasteiger partial charge in [0, 0.05) is 56.0 Å². The first-order chi connectivity index (χ1) is 20.9. The Labute approximate surface area is 241 Å². The van der Waals surface area contributed by atoms with Gasteiger partial charge in [-0.15, -0.1) is 0 Å². The standard InChI is InChI=1S/C37H23N5/c1-2-8-25(9-3-1)41-33-12-6-4-10-27(33)29-14-17-32-31(35(29)41)16-15-30-28-11-5-7-13-34(28)42(36(30)32)26-22-39-37(40-23-26)24-18-20-38-21-19-24/h1-23H. The smallest absolute Gasteiger partial charge is 0.159 e. The van der Waals surface area contributed by atoms with E-state index in [1.807, 2.05) is 24.5 Å². The van der Waals surface area contributed by atoms with Crippen molar-refractivity contribution in [2.45, 2.75) is 0 Å².